The Labute approximate surface area is 117 Å². The van der Waals surface area contributed by atoms with Gasteiger partial charge in [0.1, 0.15) is 5.60 Å². The molecule has 2 atom stereocenters. The topological polar surface area (TPSA) is 93.1 Å². The van der Waals surface area contributed by atoms with Crippen molar-refractivity contribution in [2.45, 2.75) is 32.8 Å². The van der Waals surface area contributed by atoms with Crippen LogP contribution in [0.5, 0.6) is 0 Å². The van der Waals surface area contributed by atoms with E-state index >= 15 is 0 Å². The van der Waals surface area contributed by atoms with Crippen LogP contribution in [0.2, 0.25) is 0 Å². The van der Waals surface area contributed by atoms with Crippen LogP contribution >= 0.6 is 0 Å². The molecule has 0 unspecified atom stereocenters. The van der Waals surface area contributed by atoms with Crippen molar-refractivity contribution in [1.82, 2.24) is 4.90 Å². The molecule has 1 heterocycles. The number of carbonyl (C=O) groups excluding carboxylic acids is 2. The van der Waals surface area contributed by atoms with E-state index in [1.54, 1.807) is 20.8 Å². The van der Waals surface area contributed by atoms with E-state index < -0.39 is 35.5 Å². The average Bonchev–Trinajstić information content (AvgIpc) is 2.35. The highest BCUT2D eigenvalue weighted by Crippen LogP contribution is 2.24. The summed E-state index contributed by atoms with van der Waals surface area (Å²) < 4.78 is 9.85. The number of piperidine rings is 1. The van der Waals surface area contributed by atoms with Crippen molar-refractivity contribution in [3.8, 4) is 0 Å². The molecule has 1 amide bonds. The minimum atomic E-state index is -1.04. The molecule has 1 fully saturated rings. The van der Waals surface area contributed by atoms with Gasteiger partial charge in [-0.2, -0.15) is 0 Å². The van der Waals surface area contributed by atoms with Gasteiger partial charge in [-0.15, -0.1) is 0 Å². The maximum absolute atomic E-state index is 12.0. The zero-order chi connectivity index (χ0) is 15.5. The number of methoxy groups -OCH3 is 1. The predicted molar refractivity (Wildman–Crippen MR) is 69.1 cm³/mol. The minimum Gasteiger partial charge on any atom is -0.481 e. The summed E-state index contributed by atoms with van der Waals surface area (Å²) in [5.41, 5.74) is -0.673. The summed E-state index contributed by atoms with van der Waals surface area (Å²) in [6.07, 6.45) is -0.446. The summed E-state index contributed by atoms with van der Waals surface area (Å²) in [5, 5.41) is 9.11. The van der Waals surface area contributed by atoms with Crippen LogP contribution in [0.25, 0.3) is 0 Å². The number of rotatable bonds is 2. The monoisotopic (exact) mass is 287 g/mol. The molecule has 0 spiro atoms. The van der Waals surface area contributed by atoms with E-state index in [9.17, 15) is 14.4 Å². The van der Waals surface area contributed by atoms with Gasteiger partial charge < -0.3 is 19.5 Å². The van der Waals surface area contributed by atoms with Crippen LogP contribution in [-0.2, 0) is 19.1 Å². The zero-order valence-electron chi connectivity index (χ0n) is 12.2. The molecule has 0 aromatic heterocycles. The van der Waals surface area contributed by atoms with Gasteiger partial charge in [0.2, 0.25) is 0 Å². The van der Waals surface area contributed by atoms with E-state index in [0.717, 1.165) is 0 Å². The lowest BCUT2D eigenvalue weighted by Crippen LogP contribution is -2.49. The zero-order valence-corrected chi connectivity index (χ0v) is 12.2. The highest BCUT2D eigenvalue weighted by atomic mass is 16.6. The summed E-state index contributed by atoms with van der Waals surface area (Å²) in [6.45, 7) is 5.33. The molecule has 0 aliphatic carbocycles. The van der Waals surface area contributed by atoms with Gasteiger partial charge in [0.05, 0.1) is 18.9 Å². The maximum atomic E-state index is 12.0. The fourth-order valence-electron chi connectivity index (χ4n) is 2.09. The number of carboxylic acid groups (broad SMARTS) is 1. The predicted octanol–water partition coefficient (Wildman–Crippen LogP) is 1.12. The van der Waals surface area contributed by atoms with E-state index in [0.29, 0.717) is 0 Å². The summed E-state index contributed by atoms with van der Waals surface area (Å²) >= 11 is 0. The van der Waals surface area contributed by atoms with E-state index in [1.165, 1.54) is 12.0 Å². The second kappa shape index (κ2) is 6.11. The maximum Gasteiger partial charge on any atom is 0.410 e. The first kappa shape index (κ1) is 16.3. The van der Waals surface area contributed by atoms with Crippen LogP contribution in [0.3, 0.4) is 0 Å². The van der Waals surface area contributed by atoms with Crippen molar-refractivity contribution in [1.29, 1.82) is 0 Å². The van der Waals surface area contributed by atoms with Crippen LogP contribution in [0.4, 0.5) is 4.79 Å². The van der Waals surface area contributed by atoms with E-state index in [4.69, 9.17) is 9.84 Å². The summed E-state index contributed by atoms with van der Waals surface area (Å²) in [4.78, 5) is 36.0. The van der Waals surface area contributed by atoms with Crippen molar-refractivity contribution < 1.29 is 29.0 Å². The molecular formula is C13H21NO6. The Morgan fingerprint density at radius 1 is 1.15 bits per heavy atom. The Bertz CT molecular complexity index is 400. The van der Waals surface area contributed by atoms with Crippen molar-refractivity contribution in [2.24, 2.45) is 11.8 Å². The Kier molecular flexibility index (Phi) is 4.97. The van der Waals surface area contributed by atoms with Crippen LogP contribution < -0.4 is 0 Å². The fraction of sp³-hybridized carbons (Fsp3) is 0.769. The summed E-state index contributed by atoms with van der Waals surface area (Å²) in [6, 6.07) is 0. The van der Waals surface area contributed by atoms with Crippen molar-refractivity contribution in [3.63, 3.8) is 0 Å². The molecule has 0 bridgehead atoms. The molecule has 7 heteroatoms. The van der Waals surface area contributed by atoms with Crippen LogP contribution in [0.1, 0.15) is 27.2 Å². The Hall–Kier alpha value is -1.79. The lowest BCUT2D eigenvalue weighted by Gasteiger charge is -2.35. The fourth-order valence-corrected chi connectivity index (χ4v) is 2.09. The van der Waals surface area contributed by atoms with Gasteiger partial charge in [0.25, 0.3) is 0 Å². The lowest BCUT2D eigenvalue weighted by molar-refractivity contribution is -0.151. The third kappa shape index (κ3) is 4.40. The quantitative estimate of drug-likeness (QED) is 0.765. The van der Waals surface area contributed by atoms with Crippen LogP contribution in [0, 0.1) is 11.8 Å². The van der Waals surface area contributed by atoms with Gasteiger partial charge in [-0.1, -0.05) is 0 Å². The summed E-state index contributed by atoms with van der Waals surface area (Å²) in [7, 11) is 1.24. The number of carbonyl (C=O) groups is 3. The summed E-state index contributed by atoms with van der Waals surface area (Å²) in [5.74, 6) is -2.97. The molecule has 114 valence electrons. The Morgan fingerprint density at radius 2 is 1.70 bits per heavy atom. The standard InChI is InChI=1S/C13H21NO6/c1-13(2,3)20-12(18)14-6-8(10(15)16)5-9(7-14)11(17)19-4/h8-9H,5-7H2,1-4H3,(H,15,16)/t8-,9+/m1/s1. The van der Waals surface area contributed by atoms with E-state index in [2.05, 4.69) is 4.74 Å². The van der Waals surface area contributed by atoms with Crippen LogP contribution in [0.15, 0.2) is 0 Å². The average molecular weight is 287 g/mol. The normalized spacial score (nSPS) is 23.1. The first-order valence-electron chi connectivity index (χ1n) is 6.42. The molecule has 1 aliphatic rings. The number of hydrogen-bond donors (Lipinski definition) is 1. The van der Waals surface area contributed by atoms with Gasteiger partial charge in [-0.05, 0) is 27.2 Å². The molecule has 0 aromatic carbocycles. The number of nitrogens with zero attached hydrogens (tertiary/aromatic N) is 1. The highest BCUT2D eigenvalue weighted by Gasteiger charge is 2.38. The molecule has 20 heavy (non-hydrogen) atoms. The number of ether oxygens (including phenoxy) is 2. The first-order valence-corrected chi connectivity index (χ1v) is 6.42. The third-order valence-electron chi connectivity index (χ3n) is 2.99. The molecule has 7 nitrogen and oxygen atoms in total. The Balaban J connectivity index is 2.82. The molecule has 0 aromatic rings. The number of likely N-dealkylation sites (tertiary alicyclic amines) is 1. The van der Waals surface area contributed by atoms with Gasteiger partial charge >= 0.3 is 18.0 Å². The number of esters is 1. The molecular weight excluding hydrogens is 266 g/mol. The van der Waals surface area contributed by atoms with E-state index in [1.807, 2.05) is 0 Å². The minimum absolute atomic E-state index is 0.0394. The number of hydrogen-bond acceptors (Lipinski definition) is 5. The third-order valence-corrected chi connectivity index (χ3v) is 2.99. The molecule has 0 radical (unpaired) electrons. The molecule has 1 rings (SSSR count). The second-order valence-electron chi connectivity index (χ2n) is 5.88. The van der Waals surface area contributed by atoms with Gasteiger partial charge in [0.15, 0.2) is 0 Å². The van der Waals surface area contributed by atoms with Gasteiger partial charge in [-0.3, -0.25) is 9.59 Å². The van der Waals surface area contributed by atoms with Crippen molar-refractivity contribution in [3.05, 3.63) is 0 Å². The number of amides is 1. The highest BCUT2D eigenvalue weighted by molar-refractivity contribution is 5.78. The lowest BCUT2D eigenvalue weighted by atomic mass is 9.89. The van der Waals surface area contributed by atoms with Crippen molar-refractivity contribution >= 4 is 18.0 Å². The van der Waals surface area contributed by atoms with E-state index in [-0.39, 0.29) is 19.5 Å². The molecule has 1 aliphatic heterocycles. The van der Waals surface area contributed by atoms with Gasteiger partial charge in [-0.25, -0.2) is 4.79 Å². The second-order valence-corrected chi connectivity index (χ2v) is 5.88. The Morgan fingerprint density at radius 3 is 2.15 bits per heavy atom. The number of carboxylic acids is 1. The largest absolute Gasteiger partial charge is 0.481 e. The first-order chi connectivity index (χ1) is 9.14. The molecule has 1 saturated heterocycles. The van der Waals surface area contributed by atoms with Crippen LogP contribution in [-0.4, -0.2) is 53.8 Å². The van der Waals surface area contributed by atoms with Gasteiger partial charge in [0, 0.05) is 13.1 Å². The smallest absolute Gasteiger partial charge is 0.410 e. The molecule has 1 N–H and O–H groups in total. The SMILES string of the molecule is COC(=O)[C@H]1C[C@@H](C(=O)O)CN(C(=O)OC(C)(C)C)C1. The molecule has 0 saturated carbocycles. The van der Waals surface area contributed by atoms with Crippen molar-refractivity contribution in [2.75, 3.05) is 20.2 Å². The number of aliphatic carboxylic acids is 1.